The molecule has 1 N–H and O–H groups in total. The Bertz CT molecular complexity index is 229. The summed E-state index contributed by atoms with van der Waals surface area (Å²) < 4.78 is 0. The Morgan fingerprint density at radius 1 is 1.12 bits per heavy atom. The molecule has 0 radical (unpaired) electrons. The van der Waals surface area contributed by atoms with Crippen LogP contribution in [0.15, 0.2) is 0 Å². The van der Waals surface area contributed by atoms with E-state index < -0.39 is 0 Å². The first-order valence-electron chi connectivity index (χ1n) is 7.05. The Hall–Kier alpha value is -0.0800. The molecular weight excluding hydrogens is 196 g/mol. The van der Waals surface area contributed by atoms with Crippen molar-refractivity contribution in [1.29, 1.82) is 0 Å². The molecule has 2 fully saturated rings. The lowest BCUT2D eigenvalue weighted by Gasteiger charge is -2.42. The Kier molecular flexibility index (Phi) is 3.91. The largest absolute Gasteiger partial charge is 0.312 e. The van der Waals surface area contributed by atoms with Gasteiger partial charge in [-0.25, -0.2) is 0 Å². The van der Waals surface area contributed by atoms with Crippen LogP contribution < -0.4 is 5.32 Å². The van der Waals surface area contributed by atoms with Crippen molar-refractivity contribution in [2.24, 2.45) is 17.8 Å². The van der Waals surface area contributed by atoms with Crippen LogP contribution in [0, 0.1) is 17.8 Å². The highest BCUT2D eigenvalue weighted by atomic mass is 15.2. The minimum absolute atomic E-state index is 0.736. The molecule has 0 aromatic heterocycles. The van der Waals surface area contributed by atoms with E-state index in [1.165, 1.54) is 32.5 Å². The minimum Gasteiger partial charge on any atom is -0.312 e. The molecule has 0 aromatic carbocycles. The van der Waals surface area contributed by atoms with Gasteiger partial charge < -0.3 is 5.32 Å². The van der Waals surface area contributed by atoms with Gasteiger partial charge in [-0.2, -0.15) is 0 Å². The van der Waals surface area contributed by atoms with E-state index >= 15 is 0 Å². The van der Waals surface area contributed by atoms with Gasteiger partial charge in [0.1, 0.15) is 0 Å². The molecule has 0 amide bonds. The molecule has 5 unspecified atom stereocenters. The van der Waals surface area contributed by atoms with Crippen LogP contribution in [0.3, 0.4) is 0 Å². The molecular formula is C14H28N2. The third-order valence-corrected chi connectivity index (χ3v) is 4.84. The van der Waals surface area contributed by atoms with Crippen LogP contribution in [0.4, 0.5) is 0 Å². The van der Waals surface area contributed by atoms with E-state index in [0.29, 0.717) is 0 Å². The number of nitrogens with zero attached hydrogens (tertiary/aromatic N) is 1. The Morgan fingerprint density at radius 2 is 1.88 bits per heavy atom. The van der Waals surface area contributed by atoms with Crippen molar-refractivity contribution in [2.45, 2.75) is 52.6 Å². The van der Waals surface area contributed by atoms with Crippen molar-refractivity contribution >= 4 is 0 Å². The zero-order valence-electron chi connectivity index (χ0n) is 11.4. The van der Waals surface area contributed by atoms with Crippen LogP contribution >= 0.6 is 0 Å². The quantitative estimate of drug-likeness (QED) is 0.774. The third kappa shape index (κ3) is 2.60. The van der Waals surface area contributed by atoms with Gasteiger partial charge >= 0.3 is 0 Å². The Balaban J connectivity index is 1.92. The fourth-order valence-corrected chi connectivity index (χ4v) is 3.47. The maximum atomic E-state index is 3.66. The van der Waals surface area contributed by atoms with Gasteiger partial charge in [0.15, 0.2) is 0 Å². The smallest absolute Gasteiger partial charge is 0.0221 e. The van der Waals surface area contributed by atoms with E-state index in [4.69, 9.17) is 0 Å². The molecule has 5 atom stereocenters. The number of rotatable bonds is 2. The van der Waals surface area contributed by atoms with Crippen LogP contribution in [0.5, 0.6) is 0 Å². The van der Waals surface area contributed by atoms with E-state index in [-0.39, 0.29) is 0 Å². The molecule has 2 heterocycles. The lowest BCUT2D eigenvalue weighted by atomic mass is 9.85. The van der Waals surface area contributed by atoms with Crippen molar-refractivity contribution in [3.8, 4) is 0 Å². The van der Waals surface area contributed by atoms with Gasteiger partial charge in [-0.3, -0.25) is 4.90 Å². The average Bonchev–Trinajstić information content (AvgIpc) is 2.60. The van der Waals surface area contributed by atoms with Crippen LogP contribution in [-0.4, -0.2) is 36.6 Å². The van der Waals surface area contributed by atoms with Crippen molar-refractivity contribution in [2.75, 3.05) is 19.6 Å². The van der Waals surface area contributed by atoms with E-state index in [1.54, 1.807) is 0 Å². The van der Waals surface area contributed by atoms with E-state index in [2.05, 4.69) is 37.9 Å². The molecule has 0 aromatic rings. The van der Waals surface area contributed by atoms with Crippen molar-refractivity contribution < 1.29 is 0 Å². The molecule has 2 rings (SSSR count). The van der Waals surface area contributed by atoms with E-state index in [1.807, 2.05) is 0 Å². The van der Waals surface area contributed by atoms with Gasteiger partial charge in [-0.15, -0.1) is 0 Å². The van der Waals surface area contributed by atoms with E-state index in [9.17, 15) is 0 Å². The first kappa shape index (κ1) is 12.4. The first-order chi connectivity index (χ1) is 7.58. The van der Waals surface area contributed by atoms with E-state index in [0.717, 1.165) is 29.8 Å². The molecule has 0 saturated carbocycles. The predicted molar refractivity (Wildman–Crippen MR) is 69.6 cm³/mol. The molecule has 2 saturated heterocycles. The second-order valence-electron chi connectivity index (χ2n) is 6.34. The zero-order chi connectivity index (χ0) is 11.7. The number of piperidine rings is 1. The molecule has 16 heavy (non-hydrogen) atoms. The summed E-state index contributed by atoms with van der Waals surface area (Å²) in [5.41, 5.74) is 0. The van der Waals surface area contributed by atoms with Gasteiger partial charge in [0.05, 0.1) is 0 Å². The van der Waals surface area contributed by atoms with Crippen LogP contribution in [-0.2, 0) is 0 Å². The maximum Gasteiger partial charge on any atom is 0.0221 e. The normalized spacial score (nSPS) is 46.1. The first-order valence-corrected chi connectivity index (χ1v) is 7.05. The summed E-state index contributed by atoms with van der Waals surface area (Å²) >= 11 is 0. The maximum absolute atomic E-state index is 3.66. The number of nitrogens with one attached hydrogen (secondary N) is 1. The summed E-state index contributed by atoms with van der Waals surface area (Å²) in [7, 11) is 0. The van der Waals surface area contributed by atoms with Crippen LogP contribution in [0.25, 0.3) is 0 Å². The van der Waals surface area contributed by atoms with Crippen molar-refractivity contribution in [3.05, 3.63) is 0 Å². The molecule has 0 aliphatic carbocycles. The van der Waals surface area contributed by atoms with Gasteiger partial charge in [0, 0.05) is 25.2 Å². The monoisotopic (exact) mass is 224 g/mol. The fourth-order valence-electron chi connectivity index (χ4n) is 3.47. The highest BCUT2D eigenvalue weighted by molar-refractivity contribution is 4.88. The van der Waals surface area contributed by atoms with Crippen molar-refractivity contribution in [1.82, 2.24) is 10.2 Å². The fraction of sp³-hybridized carbons (Fsp3) is 1.00. The molecule has 94 valence electrons. The highest BCUT2D eigenvalue weighted by Crippen LogP contribution is 2.28. The molecule has 2 aliphatic heterocycles. The zero-order valence-corrected chi connectivity index (χ0v) is 11.4. The molecule has 2 nitrogen and oxygen atoms in total. The lowest BCUT2D eigenvalue weighted by Crippen LogP contribution is -2.51. The molecule has 0 bridgehead atoms. The summed E-state index contributed by atoms with van der Waals surface area (Å²) in [4.78, 5) is 2.72. The molecule has 2 aliphatic rings. The SMILES string of the molecule is CC1CC(C)C(C)N(CC2NCCC2C)C1. The van der Waals surface area contributed by atoms with Crippen LogP contribution in [0.1, 0.15) is 40.5 Å². The predicted octanol–water partition coefficient (Wildman–Crippen LogP) is 2.35. The second-order valence-corrected chi connectivity index (χ2v) is 6.34. The third-order valence-electron chi connectivity index (χ3n) is 4.84. The highest BCUT2D eigenvalue weighted by Gasteiger charge is 2.32. The van der Waals surface area contributed by atoms with Gasteiger partial charge in [0.25, 0.3) is 0 Å². The summed E-state index contributed by atoms with van der Waals surface area (Å²) in [5, 5.41) is 3.66. The summed E-state index contributed by atoms with van der Waals surface area (Å²) in [6, 6.07) is 1.51. The van der Waals surface area contributed by atoms with Gasteiger partial charge in [-0.05, 0) is 44.1 Å². The van der Waals surface area contributed by atoms with Crippen LogP contribution in [0.2, 0.25) is 0 Å². The van der Waals surface area contributed by atoms with Gasteiger partial charge in [0.2, 0.25) is 0 Å². The number of hydrogen-bond acceptors (Lipinski definition) is 2. The van der Waals surface area contributed by atoms with Gasteiger partial charge in [-0.1, -0.05) is 20.8 Å². The lowest BCUT2D eigenvalue weighted by molar-refractivity contribution is 0.0683. The summed E-state index contributed by atoms with van der Waals surface area (Å²) in [5.74, 6) is 2.60. The Morgan fingerprint density at radius 3 is 2.50 bits per heavy atom. The topological polar surface area (TPSA) is 15.3 Å². The average molecular weight is 224 g/mol. The minimum atomic E-state index is 0.736. The molecule has 2 heteroatoms. The number of hydrogen-bond donors (Lipinski definition) is 1. The van der Waals surface area contributed by atoms with Crippen molar-refractivity contribution in [3.63, 3.8) is 0 Å². The summed E-state index contributed by atoms with van der Waals surface area (Å²) in [6.07, 6.45) is 2.77. The summed E-state index contributed by atoms with van der Waals surface area (Å²) in [6.45, 7) is 13.4. The second kappa shape index (κ2) is 5.05. The number of likely N-dealkylation sites (tertiary alicyclic amines) is 1. The Labute approximate surface area is 101 Å². The molecule has 0 spiro atoms. The standard InChI is InChI=1S/C14H28N2/c1-10-7-12(3)13(4)16(8-10)9-14-11(2)5-6-15-14/h10-15H,5-9H2,1-4H3.